The van der Waals surface area contributed by atoms with Crippen molar-refractivity contribution in [3.63, 3.8) is 0 Å². The molecule has 0 aromatic rings. The van der Waals surface area contributed by atoms with Crippen molar-refractivity contribution < 1.29 is 24.1 Å². The van der Waals surface area contributed by atoms with E-state index < -0.39 is 11.7 Å². The molecule has 4 fully saturated rings. The first-order valence-electron chi connectivity index (χ1n) is 10.6. The molecular weight excluding hydrogens is 344 g/mol. The van der Waals surface area contributed by atoms with E-state index in [1.165, 1.54) is 11.1 Å². The van der Waals surface area contributed by atoms with Gasteiger partial charge in [0.2, 0.25) is 0 Å². The molecule has 0 aromatic heterocycles. The average molecular weight is 376 g/mol. The number of rotatable bonds is 4. The molecule has 0 aromatic carbocycles. The lowest BCUT2D eigenvalue weighted by molar-refractivity contribution is -0.133. The fourth-order valence-electron chi connectivity index (χ4n) is 7.50. The first-order chi connectivity index (χ1) is 12.7. The minimum absolute atomic E-state index is 0.0430. The van der Waals surface area contributed by atoms with E-state index >= 15 is 0 Å². The molecule has 150 valence electrons. The smallest absolute Gasteiger partial charge is 0.293 e. The highest BCUT2D eigenvalue weighted by Crippen LogP contribution is 2.79. The Balaban J connectivity index is 1.57. The Kier molecular flexibility index (Phi) is 3.61. The molecule has 5 heteroatoms. The zero-order chi connectivity index (χ0) is 19.4. The van der Waals surface area contributed by atoms with Crippen molar-refractivity contribution in [3.05, 3.63) is 11.1 Å². The Bertz CT molecular complexity index is 715. The normalized spacial score (nSPS) is 53.7. The maximum Gasteiger partial charge on any atom is 0.293 e. The van der Waals surface area contributed by atoms with Crippen LogP contribution in [0.3, 0.4) is 0 Å². The van der Waals surface area contributed by atoms with Crippen molar-refractivity contribution in [1.82, 2.24) is 0 Å². The monoisotopic (exact) mass is 376 g/mol. The fraction of sp³-hybridized carbons (Fsp3) is 0.864. The molecule has 5 nitrogen and oxygen atoms in total. The van der Waals surface area contributed by atoms with Crippen LogP contribution in [-0.2, 0) is 19.0 Å². The molecule has 3 aliphatic carbocycles. The van der Waals surface area contributed by atoms with Gasteiger partial charge < -0.3 is 19.3 Å². The van der Waals surface area contributed by atoms with Crippen LogP contribution >= 0.6 is 0 Å². The van der Waals surface area contributed by atoms with Crippen LogP contribution in [0.25, 0.3) is 0 Å². The van der Waals surface area contributed by atoms with Crippen LogP contribution < -0.4 is 0 Å². The molecule has 1 N–H and O–H groups in total. The number of epoxide rings is 2. The predicted molar refractivity (Wildman–Crippen MR) is 98.9 cm³/mol. The van der Waals surface area contributed by atoms with E-state index in [1.54, 1.807) is 0 Å². The quantitative estimate of drug-likeness (QED) is 0.464. The summed E-state index contributed by atoms with van der Waals surface area (Å²) < 4.78 is 18.3. The van der Waals surface area contributed by atoms with Crippen LogP contribution in [0.1, 0.15) is 60.3 Å². The first-order valence-corrected chi connectivity index (χ1v) is 10.6. The van der Waals surface area contributed by atoms with Crippen molar-refractivity contribution in [2.24, 2.45) is 23.2 Å². The van der Waals surface area contributed by atoms with E-state index in [9.17, 15) is 9.90 Å². The molecule has 2 saturated heterocycles. The summed E-state index contributed by atoms with van der Waals surface area (Å²) in [7, 11) is 0. The maximum absolute atomic E-state index is 11.4. The van der Waals surface area contributed by atoms with E-state index in [0.29, 0.717) is 12.4 Å². The number of fused-ring (bicyclic) bond motifs is 1. The summed E-state index contributed by atoms with van der Waals surface area (Å²) >= 11 is 0. The molecule has 9 unspecified atom stereocenters. The van der Waals surface area contributed by atoms with Crippen LogP contribution in [0.15, 0.2) is 11.1 Å². The third-order valence-corrected chi connectivity index (χ3v) is 8.90. The molecule has 27 heavy (non-hydrogen) atoms. The highest BCUT2D eigenvalue weighted by Gasteiger charge is 2.92. The predicted octanol–water partition coefficient (Wildman–Crippen LogP) is 3.00. The highest BCUT2D eigenvalue weighted by atomic mass is 16.7. The standard InChI is InChI=1S/C22H32O5/c1-11(2)14-8-17-22(27-17)20(5)7-6-12(3)18(13(4)25-10-23)15(20)9-16-21(22,26-16)19(14)24/h10-11,13-17,19,24H,6-9H2,1-5H3. The van der Waals surface area contributed by atoms with Crippen molar-refractivity contribution in [3.8, 4) is 0 Å². The first kappa shape index (κ1) is 18.1. The number of hydrogen-bond acceptors (Lipinski definition) is 5. The van der Waals surface area contributed by atoms with Gasteiger partial charge in [0.25, 0.3) is 6.47 Å². The van der Waals surface area contributed by atoms with Crippen LogP contribution in [-0.4, -0.2) is 47.2 Å². The van der Waals surface area contributed by atoms with Gasteiger partial charge in [-0.2, -0.15) is 0 Å². The summed E-state index contributed by atoms with van der Waals surface area (Å²) in [6.45, 7) is 11.4. The van der Waals surface area contributed by atoms with Gasteiger partial charge in [0.1, 0.15) is 11.7 Å². The van der Waals surface area contributed by atoms with Gasteiger partial charge in [-0.1, -0.05) is 26.3 Å². The van der Waals surface area contributed by atoms with E-state index in [1.807, 2.05) is 6.92 Å². The Morgan fingerprint density at radius 3 is 2.63 bits per heavy atom. The molecule has 2 aliphatic heterocycles. The van der Waals surface area contributed by atoms with Gasteiger partial charge in [-0.15, -0.1) is 0 Å². The van der Waals surface area contributed by atoms with E-state index in [2.05, 4.69) is 27.7 Å². The van der Waals surface area contributed by atoms with E-state index in [0.717, 1.165) is 25.7 Å². The third-order valence-electron chi connectivity index (χ3n) is 8.90. The maximum atomic E-state index is 11.4. The summed E-state index contributed by atoms with van der Waals surface area (Å²) in [5.74, 6) is 0.917. The minimum atomic E-state index is -0.527. The number of hydrogen-bond donors (Lipinski definition) is 1. The Morgan fingerprint density at radius 2 is 1.96 bits per heavy atom. The fourth-order valence-corrected chi connectivity index (χ4v) is 7.50. The molecular formula is C22H32O5. The Labute approximate surface area is 161 Å². The van der Waals surface area contributed by atoms with E-state index in [-0.39, 0.29) is 41.2 Å². The van der Waals surface area contributed by atoms with Crippen LogP contribution in [0.5, 0.6) is 0 Å². The number of carbonyl (C=O) groups excluding carboxylic acids is 1. The molecule has 2 heterocycles. The molecule has 2 saturated carbocycles. The van der Waals surface area contributed by atoms with Gasteiger partial charge in [0.05, 0.1) is 18.3 Å². The van der Waals surface area contributed by atoms with E-state index in [4.69, 9.17) is 14.2 Å². The zero-order valence-corrected chi connectivity index (χ0v) is 17.0. The molecule has 0 amide bonds. The highest BCUT2D eigenvalue weighted by molar-refractivity contribution is 5.45. The Hall–Kier alpha value is -0.910. The number of aliphatic hydroxyl groups excluding tert-OH is 1. The number of carbonyl (C=O) groups is 1. The molecule has 0 bridgehead atoms. The molecule has 2 spiro atoms. The topological polar surface area (TPSA) is 71.6 Å². The lowest BCUT2D eigenvalue weighted by Gasteiger charge is -2.55. The summed E-state index contributed by atoms with van der Waals surface area (Å²) in [6.07, 6.45) is 3.36. The summed E-state index contributed by atoms with van der Waals surface area (Å²) in [5, 5.41) is 11.4. The summed E-state index contributed by atoms with van der Waals surface area (Å²) in [5.41, 5.74) is 1.59. The number of allylic oxidation sites excluding steroid dienone is 1. The summed E-state index contributed by atoms with van der Waals surface area (Å²) in [4.78, 5) is 11.0. The van der Waals surface area contributed by atoms with Crippen molar-refractivity contribution in [1.29, 1.82) is 0 Å². The summed E-state index contributed by atoms with van der Waals surface area (Å²) in [6, 6.07) is 0. The average Bonchev–Trinajstić information content (AvgIpc) is 3.49. The van der Waals surface area contributed by atoms with Crippen molar-refractivity contribution in [2.75, 3.05) is 0 Å². The van der Waals surface area contributed by atoms with Gasteiger partial charge in [-0.05, 0) is 62.9 Å². The lowest BCUT2D eigenvalue weighted by atomic mass is 9.46. The minimum Gasteiger partial charge on any atom is -0.460 e. The molecule has 5 rings (SSSR count). The van der Waals surface area contributed by atoms with Gasteiger partial charge in [-0.3, -0.25) is 4.79 Å². The third kappa shape index (κ3) is 1.89. The molecule has 5 aliphatic rings. The zero-order valence-electron chi connectivity index (χ0n) is 17.0. The number of aliphatic hydroxyl groups is 1. The van der Waals surface area contributed by atoms with Crippen molar-refractivity contribution in [2.45, 2.75) is 95.9 Å². The number of ether oxygens (including phenoxy) is 3. The largest absolute Gasteiger partial charge is 0.460 e. The van der Waals surface area contributed by atoms with Crippen molar-refractivity contribution >= 4 is 6.47 Å². The molecule has 0 radical (unpaired) electrons. The van der Waals surface area contributed by atoms with Crippen LogP contribution in [0.4, 0.5) is 0 Å². The van der Waals surface area contributed by atoms with Gasteiger partial charge in [0.15, 0.2) is 5.60 Å². The molecule has 9 atom stereocenters. The van der Waals surface area contributed by atoms with Gasteiger partial charge in [-0.25, -0.2) is 0 Å². The van der Waals surface area contributed by atoms with Crippen LogP contribution in [0, 0.1) is 23.2 Å². The Morgan fingerprint density at radius 1 is 1.22 bits per heavy atom. The SMILES string of the molecule is CC1=C(C(C)OC=O)C2CC3OC34C(O)C(C(C)C)CC3OC34C2(C)CC1. The van der Waals surface area contributed by atoms with Gasteiger partial charge >= 0.3 is 0 Å². The van der Waals surface area contributed by atoms with Crippen LogP contribution in [0.2, 0.25) is 0 Å². The second-order valence-electron chi connectivity index (χ2n) is 10.1. The second kappa shape index (κ2) is 5.37. The lowest BCUT2D eigenvalue weighted by Crippen LogP contribution is -2.66. The van der Waals surface area contributed by atoms with Gasteiger partial charge in [0, 0.05) is 5.41 Å². The second-order valence-corrected chi connectivity index (χ2v) is 10.1.